The molecule has 2 unspecified atom stereocenters. The first-order valence-corrected chi connectivity index (χ1v) is 6.72. The maximum absolute atomic E-state index is 10.8. The van der Waals surface area contributed by atoms with Crippen LogP contribution in [0.1, 0.15) is 29.6 Å². The van der Waals surface area contributed by atoms with Gasteiger partial charge in [0.25, 0.3) is 0 Å². The van der Waals surface area contributed by atoms with Gasteiger partial charge in [0.15, 0.2) is 5.82 Å². The molecule has 0 aliphatic heterocycles. The van der Waals surface area contributed by atoms with Crippen LogP contribution in [-0.2, 0) is 11.2 Å². The first-order valence-electron chi connectivity index (χ1n) is 5.93. The highest BCUT2D eigenvalue weighted by molar-refractivity contribution is 9.10. The molecule has 0 spiro atoms. The lowest BCUT2D eigenvalue weighted by Crippen LogP contribution is -1.99. The van der Waals surface area contributed by atoms with E-state index in [1.807, 2.05) is 24.3 Å². The van der Waals surface area contributed by atoms with E-state index < -0.39 is 5.97 Å². The highest BCUT2D eigenvalue weighted by atomic mass is 79.9. The summed E-state index contributed by atoms with van der Waals surface area (Å²) >= 11 is 3.38. The number of aliphatic carboxylic acids is 1. The maximum Gasteiger partial charge on any atom is 0.307 e. The second-order valence-corrected chi connectivity index (χ2v) is 5.55. The van der Waals surface area contributed by atoms with Gasteiger partial charge in [0.05, 0.1) is 11.8 Å². The molecule has 1 saturated carbocycles. The molecule has 0 saturated heterocycles. The second kappa shape index (κ2) is 4.77. The van der Waals surface area contributed by atoms with E-state index in [-0.39, 0.29) is 11.8 Å². The highest BCUT2D eigenvalue weighted by Gasteiger charge is 2.48. The van der Waals surface area contributed by atoms with Gasteiger partial charge in [-0.1, -0.05) is 33.2 Å². The zero-order chi connectivity index (χ0) is 13.4. The average Bonchev–Trinajstić information content (AvgIpc) is 3.07. The molecule has 2 aromatic rings. The standard InChI is InChI=1S/C13H11BrN2O3/c14-8-3-1-7(2-4-8)5-11-15-12(19-16-11)9-6-10(9)13(17)18/h1-4,9-10H,5-6H2,(H,17,18). The molecular formula is C13H11BrN2O3. The number of nitrogens with zero attached hydrogens (tertiary/aromatic N) is 2. The molecule has 1 heterocycles. The van der Waals surface area contributed by atoms with Crippen molar-refractivity contribution in [1.29, 1.82) is 0 Å². The molecule has 1 aromatic carbocycles. The largest absolute Gasteiger partial charge is 0.481 e. The summed E-state index contributed by atoms with van der Waals surface area (Å²) in [5.74, 6) is -0.227. The molecule has 1 aliphatic rings. The van der Waals surface area contributed by atoms with Crippen molar-refractivity contribution in [2.24, 2.45) is 5.92 Å². The first kappa shape index (κ1) is 12.3. The zero-order valence-electron chi connectivity index (χ0n) is 9.91. The van der Waals surface area contributed by atoms with Gasteiger partial charge >= 0.3 is 5.97 Å². The van der Waals surface area contributed by atoms with Crippen molar-refractivity contribution in [2.75, 3.05) is 0 Å². The number of carbonyl (C=O) groups is 1. The predicted molar refractivity (Wildman–Crippen MR) is 69.7 cm³/mol. The zero-order valence-corrected chi connectivity index (χ0v) is 11.5. The molecule has 0 bridgehead atoms. The fraction of sp³-hybridized carbons (Fsp3) is 0.308. The Bertz CT molecular complexity index is 609. The van der Waals surface area contributed by atoms with Crippen molar-refractivity contribution in [2.45, 2.75) is 18.8 Å². The maximum atomic E-state index is 10.8. The van der Waals surface area contributed by atoms with E-state index >= 15 is 0 Å². The van der Waals surface area contributed by atoms with Gasteiger partial charge in [-0.3, -0.25) is 4.79 Å². The van der Waals surface area contributed by atoms with E-state index in [0.29, 0.717) is 24.6 Å². The minimum atomic E-state index is -0.794. The minimum Gasteiger partial charge on any atom is -0.481 e. The van der Waals surface area contributed by atoms with Crippen LogP contribution in [0.4, 0.5) is 0 Å². The Morgan fingerprint density at radius 2 is 2.16 bits per heavy atom. The Balaban J connectivity index is 1.69. The van der Waals surface area contributed by atoms with Crippen LogP contribution in [0.3, 0.4) is 0 Å². The van der Waals surface area contributed by atoms with Crippen LogP contribution in [0, 0.1) is 5.92 Å². The van der Waals surface area contributed by atoms with E-state index in [9.17, 15) is 4.79 Å². The Morgan fingerprint density at radius 1 is 1.42 bits per heavy atom. The summed E-state index contributed by atoms with van der Waals surface area (Å²) < 4.78 is 6.15. The van der Waals surface area contributed by atoms with Gasteiger partial charge in [0.2, 0.25) is 5.89 Å². The summed E-state index contributed by atoms with van der Waals surface area (Å²) in [6.07, 6.45) is 1.18. The third-order valence-corrected chi connectivity index (χ3v) is 3.71. The van der Waals surface area contributed by atoms with Crippen LogP contribution in [0.2, 0.25) is 0 Å². The third-order valence-electron chi connectivity index (χ3n) is 3.18. The van der Waals surface area contributed by atoms with Crippen LogP contribution >= 0.6 is 15.9 Å². The highest BCUT2D eigenvalue weighted by Crippen LogP contribution is 2.46. The van der Waals surface area contributed by atoms with Gasteiger partial charge in [-0.2, -0.15) is 4.98 Å². The Kier molecular flexibility index (Phi) is 3.10. The fourth-order valence-corrected chi connectivity index (χ4v) is 2.28. The van der Waals surface area contributed by atoms with Gasteiger partial charge in [-0.05, 0) is 24.1 Å². The van der Waals surface area contributed by atoms with Crippen molar-refractivity contribution in [3.63, 3.8) is 0 Å². The van der Waals surface area contributed by atoms with Crippen molar-refractivity contribution < 1.29 is 14.4 Å². The van der Waals surface area contributed by atoms with E-state index in [4.69, 9.17) is 9.63 Å². The van der Waals surface area contributed by atoms with Crippen molar-refractivity contribution in [1.82, 2.24) is 10.1 Å². The lowest BCUT2D eigenvalue weighted by Gasteiger charge is -1.96. The molecular weight excluding hydrogens is 312 g/mol. The Hall–Kier alpha value is -1.69. The molecule has 1 aliphatic carbocycles. The van der Waals surface area contributed by atoms with Crippen LogP contribution in [-0.4, -0.2) is 21.2 Å². The molecule has 19 heavy (non-hydrogen) atoms. The molecule has 0 radical (unpaired) electrons. The summed E-state index contributed by atoms with van der Waals surface area (Å²) in [5, 5.41) is 12.8. The lowest BCUT2D eigenvalue weighted by atomic mass is 10.1. The van der Waals surface area contributed by atoms with E-state index in [0.717, 1.165) is 10.0 Å². The van der Waals surface area contributed by atoms with E-state index in [2.05, 4.69) is 26.1 Å². The SMILES string of the molecule is O=C(O)C1CC1c1nc(Cc2ccc(Br)cc2)no1. The number of aromatic nitrogens is 2. The van der Waals surface area contributed by atoms with E-state index in [1.54, 1.807) is 0 Å². The summed E-state index contributed by atoms with van der Waals surface area (Å²) in [4.78, 5) is 15.1. The molecule has 0 amide bonds. The molecule has 1 N–H and O–H groups in total. The van der Waals surface area contributed by atoms with Crippen LogP contribution in [0.15, 0.2) is 33.3 Å². The predicted octanol–water partition coefficient (Wildman–Crippen LogP) is 2.61. The summed E-state index contributed by atoms with van der Waals surface area (Å²) in [6, 6.07) is 7.88. The van der Waals surface area contributed by atoms with Crippen LogP contribution < -0.4 is 0 Å². The molecule has 1 fully saturated rings. The monoisotopic (exact) mass is 322 g/mol. The number of benzene rings is 1. The fourth-order valence-electron chi connectivity index (χ4n) is 2.02. The lowest BCUT2D eigenvalue weighted by molar-refractivity contribution is -0.138. The Morgan fingerprint density at radius 3 is 2.79 bits per heavy atom. The number of carboxylic acid groups (broad SMARTS) is 1. The number of hydrogen-bond donors (Lipinski definition) is 1. The smallest absolute Gasteiger partial charge is 0.307 e. The average molecular weight is 323 g/mol. The van der Waals surface area contributed by atoms with Gasteiger partial charge in [0, 0.05) is 10.9 Å². The van der Waals surface area contributed by atoms with Gasteiger partial charge in [-0.15, -0.1) is 0 Å². The molecule has 5 nitrogen and oxygen atoms in total. The number of carboxylic acids is 1. The Labute approximate surface area is 117 Å². The van der Waals surface area contributed by atoms with Gasteiger partial charge in [0.1, 0.15) is 0 Å². The topological polar surface area (TPSA) is 76.2 Å². The number of halogens is 1. The van der Waals surface area contributed by atoms with Crippen LogP contribution in [0.5, 0.6) is 0 Å². The summed E-state index contributed by atoms with van der Waals surface area (Å²) in [7, 11) is 0. The number of hydrogen-bond acceptors (Lipinski definition) is 4. The van der Waals surface area contributed by atoms with Crippen LogP contribution in [0.25, 0.3) is 0 Å². The van der Waals surface area contributed by atoms with Crippen molar-refractivity contribution in [3.8, 4) is 0 Å². The first-order chi connectivity index (χ1) is 9.13. The van der Waals surface area contributed by atoms with Gasteiger partial charge < -0.3 is 9.63 Å². The molecule has 1 aromatic heterocycles. The van der Waals surface area contributed by atoms with Crippen molar-refractivity contribution >= 4 is 21.9 Å². The normalized spacial score (nSPS) is 21.3. The minimum absolute atomic E-state index is 0.108. The number of rotatable bonds is 4. The van der Waals surface area contributed by atoms with E-state index in [1.165, 1.54) is 0 Å². The quantitative estimate of drug-likeness (QED) is 0.936. The molecule has 98 valence electrons. The molecule has 2 atom stereocenters. The molecule has 3 rings (SSSR count). The van der Waals surface area contributed by atoms with Crippen molar-refractivity contribution in [3.05, 3.63) is 46.0 Å². The third kappa shape index (κ3) is 2.68. The second-order valence-electron chi connectivity index (χ2n) is 4.64. The molecule has 6 heteroatoms. The summed E-state index contributed by atoms with van der Waals surface area (Å²) in [5.41, 5.74) is 1.08. The van der Waals surface area contributed by atoms with Gasteiger partial charge in [-0.25, -0.2) is 0 Å². The summed E-state index contributed by atoms with van der Waals surface area (Å²) in [6.45, 7) is 0.